The minimum absolute atomic E-state index is 0.209. The lowest BCUT2D eigenvalue weighted by Gasteiger charge is -2.04. The first kappa shape index (κ1) is 8.79. The molecule has 13 heavy (non-hydrogen) atoms. The minimum atomic E-state index is -0.209. The molecule has 2 heteroatoms. The molecule has 0 aromatic rings. The molecular weight excluding hydrogens is 164 g/mol. The summed E-state index contributed by atoms with van der Waals surface area (Å²) in [5.74, 6) is 1.75. The minimum Gasteiger partial charge on any atom is -0.466 e. The van der Waals surface area contributed by atoms with Crippen LogP contribution in [0.15, 0.2) is 12.2 Å². The number of ether oxygens (including phenoxy) is 1. The molecular formula is C11H16O2. The van der Waals surface area contributed by atoms with Crippen LogP contribution in [0.25, 0.3) is 0 Å². The van der Waals surface area contributed by atoms with E-state index in [4.69, 9.17) is 0 Å². The zero-order chi connectivity index (χ0) is 9.42. The van der Waals surface area contributed by atoms with Gasteiger partial charge in [-0.1, -0.05) is 19.4 Å². The van der Waals surface area contributed by atoms with E-state index in [0.29, 0.717) is 11.5 Å². The van der Waals surface area contributed by atoms with Crippen LogP contribution >= 0.6 is 0 Å². The molecule has 0 radical (unpaired) electrons. The van der Waals surface area contributed by atoms with Gasteiger partial charge >= 0.3 is 5.97 Å². The Kier molecular flexibility index (Phi) is 2.14. The van der Waals surface area contributed by atoms with Crippen LogP contribution in [0.2, 0.25) is 0 Å². The third-order valence-electron chi connectivity index (χ3n) is 3.51. The van der Waals surface area contributed by atoms with Crippen molar-refractivity contribution in [1.29, 1.82) is 0 Å². The maximum atomic E-state index is 11.2. The van der Waals surface area contributed by atoms with Crippen LogP contribution in [0.5, 0.6) is 0 Å². The fraction of sp³-hybridized carbons (Fsp3) is 0.727. The number of carbonyl (C=O) groups is 1. The van der Waals surface area contributed by atoms with E-state index < -0.39 is 0 Å². The standard InChI is InChI=1S/C11H16O2/c1-7(11(12)13-2)10-8-5-3-4-6-9(8)10/h8-10H,1,3-6H2,2H3. The van der Waals surface area contributed by atoms with E-state index >= 15 is 0 Å². The van der Waals surface area contributed by atoms with Gasteiger partial charge in [0.1, 0.15) is 0 Å². The quantitative estimate of drug-likeness (QED) is 0.481. The molecule has 2 atom stereocenters. The molecule has 0 bridgehead atoms. The summed E-state index contributed by atoms with van der Waals surface area (Å²) in [6.07, 6.45) is 5.22. The molecule has 0 aliphatic heterocycles. The van der Waals surface area contributed by atoms with E-state index in [-0.39, 0.29) is 5.97 Å². The number of carbonyl (C=O) groups excluding carboxylic acids is 1. The van der Waals surface area contributed by atoms with Crippen LogP contribution < -0.4 is 0 Å². The van der Waals surface area contributed by atoms with Gasteiger partial charge in [-0.15, -0.1) is 0 Å². The summed E-state index contributed by atoms with van der Waals surface area (Å²) in [6.45, 7) is 3.84. The van der Waals surface area contributed by atoms with Gasteiger partial charge in [0.05, 0.1) is 7.11 Å². The highest BCUT2D eigenvalue weighted by molar-refractivity contribution is 5.89. The molecule has 2 fully saturated rings. The maximum absolute atomic E-state index is 11.2. The Labute approximate surface area is 79.0 Å². The van der Waals surface area contributed by atoms with Crippen LogP contribution in [-0.4, -0.2) is 13.1 Å². The third kappa shape index (κ3) is 1.38. The molecule has 2 saturated carbocycles. The molecule has 2 aliphatic carbocycles. The van der Waals surface area contributed by atoms with Crippen molar-refractivity contribution in [2.75, 3.05) is 7.11 Å². The fourth-order valence-electron chi connectivity index (χ4n) is 2.78. The van der Waals surface area contributed by atoms with Gasteiger partial charge < -0.3 is 4.74 Å². The average Bonchev–Trinajstić information content (AvgIpc) is 2.89. The summed E-state index contributed by atoms with van der Waals surface area (Å²) >= 11 is 0. The number of esters is 1. The predicted octanol–water partition coefficient (Wildman–Crippen LogP) is 2.15. The normalized spacial score (nSPS) is 36.2. The van der Waals surface area contributed by atoms with Gasteiger partial charge in [-0.25, -0.2) is 4.79 Å². The molecule has 0 spiro atoms. The molecule has 0 amide bonds. The highest BCUT2D eigenvalue weighted by atomic mass is 16.5. The molecule has 0 aromatic carbocycles. The first-order valence-electron chi connectivity index (χ1n) is 5.03. The summed E-state index contributed by atoms with van der Waals surface area (Å²) in [5.41, 5.74) is 0.708. The number of fused-ring (bicyclic) bond motifs is 1. The Morgan fingerprint density at radius 3 is 2.31 bits per heavy atom. The summed E-state index contributed by atoms with van der Waals surface area (Å²) in [6, 6.07) is 0. The van der Waals surface area contributed by atoms with Crippen molar-refractivity contribution in [1.82, 2.24) is 0 Å². The second-order valence-corrected chi connectivity index (χ2v) is 4.15. The van der Waals surface area contributed by atoms with Crippen LogP contribution in [0, 0.1) is 17.8 Å². The largest absolute Gasteiger partial charge is 0.466 e. The van der Waals surface area contributed by atoms with E-state index in [2.05, 4.69) is 11.3 Å². The predicted molar refractivity (Wildman–Crippen MR) is 50.1 cm³/mol. The van der Waals surface area contributed by atoms with E-state index in [0.717, 1.165) is 11.8 Å². The SMILES string of the molecule is C=C(C(=O)OC)C1C2CCCCC21. The Balaban J connectivity index is 1.96. The first-order valence-corrected chi connectivity index (χ1v) is 5.03. The zero-order valence-corrected chi connectivity index (χ0v) is 8.08. The van der Waals surface area contributed by atoms with Crippen molar-refractivity contribution >= 4 is 5.97 Å². The van der Waals surface area contributed by atoms with Crippen molar-refractivity contribution < 1.29 is 9.53 Å². The molecule has 0 aromatic heterocycles. The highest BCUT2D eigenvalue weighted by Gasteiger charge is 2.53. The fourth-order valence-corrected chi connectivity index (χ4v) is 2.78. The van der Waals surface area contributed by atoms with Crippen LogP contribution in [0.3, 0.4) is 0 Å². The lowest BCUT2D eigenvalue weighted by molar-refractivity contribution is -0.136. The molecule has 72 valence electrons. The number of hydrogen-bond donors (Lipinski definition) is 0. The van der Waals surface area contributed by atoms with E-state index in [1.165, 1.54) is 32.8 Å². The number of methoxy groups -OCH3 is 1. The van der Waals surface area contributed by atoms with Gasteiger partial charge in [-0.3, -0.25) is 0 Å². The van der Waals surface area contributed by atoms with E-state index in [9.17, 15) is 4.79 Å². The van der Waals surface area contributed by atoms with Crippen molar-refractivity contribution in [2.24, 2.45) is 17.8 Å². The highest BCUT2D eigenvalue weighted by Crippen LogP contribution is 2.58. The Morgan fingerprint density at radius 2 is 1.85 bits per heavy atom. The van der Waals surface area contributed by atoms with Crippen LogP contribution in [0.1, 0.15) is 25.7 Å². The second kappa shape index (κ2) is 3.17. The second-order valence-electron chi connectivity index (χ2n) is 4.15. The topological polar surface area (TPSA) is 26.3 Å². The molecule has 2 nitrogen and oxygen atoms in total. The summed E-state index contributed by atoms with van der Waals surface area (Å²) < 4.78 is 4.68. The molecule has 2 aliphatic rings. The van der Waals surface area contributed by atoms with Gasteiger partial charge in [0, 0.05) is 5.57 Å². The van der Waals surface area contributed by atoms with Crippen LogP contribution in [0.4, 0.5) is 0 Å². The number of hydrogen-bond acceptors (Lipinski definition) is 2. The summed E-state index contributed by atoms with van der Waals surface area (Å²) in [4.78, 5) is 11.2. The Hall–Kier alpha value is -0.790. The van der Waals surface area contributed by atoms with E-state index in [1.54, 1.807) is 0 Å². The lowest BCUT2D eigenvalue weighted by Crippen LogP contribution is -2.06. The Bertz CT molecular complexity index is 232. The van der Waals surface area contributed by atoms with Gasteiger partial charge in [-0.2, -0.15) is 0 Å². The molecule has 2 unspecified atom stereocenters. The smallest absolute Gasteiger partial charge is 0.333 e. The zero-order valence-electron chi connectivity index (χ0n) is 8.08. The first-order chi connectivity index (χ1) is 6.25. The molecule has 0 saturated heterocycles. The molecule has 0 heterocycles. The van der Waals surface area contributed by atoms with Gasteiger partial charge in [0.15, 0.2) is 0 Å². The van der Waals surface area contributed by atoms with Crippen molar-refractivity contribution in [2.45, 2.75) is 25.7 Å². The Morgan fingerprint density at radius 1 is 1.31 bits per heavy atom. The van der Waals surface area contributed by atoms with Crippen molar-refractivity contribution in [3.8, 4) is 0 Å². The summed E-state index contributed by atoms with van der Waals surface area (Å²) in [5, 5.41) is 0. The van der Waals surface area contributed by atoms with Crippen LogP contribution in [-0.2, 0) is 9.53 Å². The average molecular weight is 180 g/mol. The maximum Gasteiger partial charge on any atom is 0.333 e. The van der Waals surface area contributed by atoms with Gasteiger partial charge in [0.2, 0.25) is 0 Å². The summed E-state index contributed by atoms with van der Waals surface area (Å²) in [7, 11) is 1.43. The third-order valence-corrected chi connectivity index (χ3v) is 3.51. The lowest BCUT2D eigenvalue weighted by atomic mass is 10.0. The van der Waals surface area contributed by atoms with Gasteiger partial charge in [-0.05, 0) is 30.6 Å². The van der Waals surface area contributed by atoms with Gasteiger partial charge in [0.25, 0.3) is 0 Å². The number of rotatable bonds is 2. The van der Waals surface area contributed by atoms with E-state index in [1.807, 2.05) is 0 Å². The monoisotopic (exact) mass is 180 g/mol. The van der Waals surface area contributed by atoms with Crippen molar-refractivity contribution in [3.05, 3.63) is 12.2 Å². The van der Waals surface area contributed by atoms with Crippen molar-refractivity contribution in [3.63, 3.8) is 0 Å². The molecule has 2 rings (SSSR count). The molecule has 0 N–H and O–H groups in total.